The Morgan fingerprint density at radius 2 is 2.00 bits per heavy atom. The minimum atomic E-state index is -1.10. The molecule has 3 aromatic heterocycles. The summed E-state index contributed by atoms with van der Waals surface area (Å²) >= 11 is 0. The molecule has 1 unspecified atom stereocenters. The van der Waals surface area contributed by atoms with E-state index in [9.17, 15) is 9.90 Å². The van der Waals surface area contributed by atoms with Crippen LogP contribution in [0.5, 0.6) is 0 Å². The SMILES string of the molecule is COCC(C)n1c(=O)c2c(-c3noc(C4(O)CCCC4)n3)ncn2c2ccccc21. The van der Waals surface area contributed by atoms with Gasteiger partial charge in [-0.3, -0.25) is 13.8 Å². The van der Waals surface area contributed by atoms with Crippen LogP contribution in [0, 0.1) is 0 Å². The Labute approximate surface area is 171 Å². The molecule has 0 bridgehead atoms. The number of para-hydroxylation sites is 2. The molecule has 5 rings (SSSR count). The largest absolute Gasteiger partial charge is 0.383 e. The zero-order valence-corrected chi connectivity index (χ0v) is 16.9. The Morgan fingerprint density at radius 3 is 2.73 bits per heavy atom. The van der Waals surface area contributed by atoms with Crippen molar-refractivity contribution in [1.82, 2.24) is 24.1 Å². The van der Waals surface area contributed by atoms with Gasteiger partial charge in [0.25, 0.3) is 11.4 Å². The van der Waals surface area contributed by atoms with Crippen molar-refractivity contribution in [1.29, 1.82) is 0 Å². The number of ether oxygens (including phenoxy) is 1. The fourth-order valence-electron chi connectivity index (χ4n) is 4.43. The van der Waals surface area contributed by atoms with Crippen LogP contribution in [0.1, 0.15) is 44.5 Å². The molecular formula is C21H23N5O4. The molecule has 0 amide bonds. The third kappa shape index (κ3) is 2.77. The fourth-order valence-corrected chi connectivity index (χ4v) is 4.43. The maximum atomic E-state index is 13.6. The predicted molar refractivity (Wildman–Crippen MR) is 109 cm³/mol. The van der Waals surface area contributed by atoms with E-state index in [1.165, 1.54) is 0 Å². The van der Waals surface area contributed by atoms with Gasteiger partial charge in [0.1, 0.15) is 23.1 Å². The maximum Gasteiger partial charge on any atom is 0.278 e. The van der Waals surface area contributed by atoms with Crippen molar-refractivity contribution in [3.8, 4) is 11.5 Å². The molecule has 1 aliphatic rings. The molecule has 30 heavy (non-hydrogen) atoms. The number of aromatic nitrogens is 5. The zero-order valence-electron chi connectivity index (χ0n) is 16.9. The van der Waals surface area contributed by atoms with Gasteiger partial charge < -0.3 is 14.4 Å². The lowest BCUT2D eigenvalue weighted by molar-refractivity contribution is 0.0112. The van der Waals surface area contributed by atoms with Crippen LogP contribution < -0.4 is 5.56 Å². The zero-order chi connectivity index (χ0) is 20.9. The van der Waals surface area contributed by atoms with E-state index in [1.54, 1.807) is 22.4 Å². The molecule has 1 saturated carbocycles. The molecule has 156 valence electrons. The predicted octanol–water partition coefficient (Wildman–Crippen LogP) is 2.67. The van der Waals surface area contributed by atoms with E-state index >= 15 is 0 Å². The molecule has 0 aliphatic heterocycles. The summed E-state index contributed by atoms with van der Waals surface area (Å²) in [7, 11) is 1.61. The maximum absolute atomic E-state index is 13.6. The van der Waals surface area contributed by atoms with Gasteiger partial charge in [0.2, 0.25) is 5.82 Å². The summed E-state index contributed by atoms with van der Waals surface area (Å²) in [5.41, 5.74) is 1.02. The first-order valence-corrected chi connectivity index (χ1v) is 10.1. The number of imidazole rings is 1. The minimum absolute atomic E-state index is 0.180. The summed E-state index contributed by atoms with van der Waals surface area (Å²) in [5, 5.41) is 14.8. The summed E-state index contributed by atoms with van der Waals surface area (Å²) in [6.07, 6.45) is 4.60. The second kappa shape index (κ2) is 7.03. The summed E-state index contributed by atoms with van der Waals surface area (Å²) in [6, 6.07) is 7.48. The molecule has 0 saturated heterocycles. The molecule has 9 heteroatoms. The lowest BCUT2D eigenvalue weighted by atomic mass is 10.0. The fraction of sp³-hybridized carbons (Fsp3) is 0.429. The number of fused-ring (bicyclic) bond motifs is 3. The minimum Gasteiger partial charge on any atom is -0.383 e. The highest BCUT2D eigenvalue weighted by Crippen LogP contribution is 2.38. The quantitative estimate of drug-likeness (QED) is 0.540. The average molecular weight is 409 g/mol. The second-order valence-electron chi connectivity index (χ2n) is 7.94. The van der Waals surface area contributed by atoms with Gasteiger partial charge in [-0.1, -0.05) is 17.3 Å². The van der Waals surface area contributed by atoms with Crippen LogP contribution in [0.25, 0.3) is 28.1 Å². The van der Waals surface area contributed by atoms with Crippen molar-refractivity contribution in [2.24, 2.45) is 0 Å². The number of hydrogen-bond donors (Lipinski definition) is 1. The molecule has 1 atom stereocenters. The van der Waals surface area contributed by atoms with Crippen LogP contribution >= 0.6 is 0 Å². The number of nitrogens with zero attached hydrogens (tertiary/aromatic N) is 5. The molecular weight excluding hydrogens is 386 g/mol. The van der Waals surface area contributed by atoms with Gasteiger partial charge in [0, 0.05) is 7.11 Å². The van der Waals surface area contributed by atoms with Crippen LogP contribution in [0.15, 0.2) is 39.9 Å². The Morgan fingerprint density at radius 1 is 1.27 bits per heavy atom. The Bertz CT molecular complexity index is 1280. The first-order chi connectivity index (χ1) is 14.5. The van der Waals surface area contributed by atoms with Crippen LogP contribution in [0.3, 0.4) is 0 Å². The summed E-state index contributed by atoms with van der Waals surface area (Å²) in [6.45, 7) is 2.33. The average Bonchev–Trinajstić information content (AvgIpc) is 3.48. The summed E-state index contributed by atoms with van der Waals surface area (Å²) in [4.78, 5) is 22.4. The van der Waals surface area contributed by atoms with Crippen molar-refractivity contribution in [3.63, 3.8) is 0 Å². The highest BCUT2D eigenvalue weighted by atomic mass is 16.5. The molecule has 9 nitrogen and oxygen atoms in total. The van der Waals surface area contributed by atoms with E-state index < -0.39 is 5.60 Å². The number of aliphatic hydroxyl groups is 1. The molecule has 0 spiro atoms. The Balaban J connectivity index is 1.74. The van der Waals surface area contributed by atoms with E-state index in [4.69, 9.17) is 9.26 Å². The molecule has 1 aliphatic carbocycles. The Kier molecular flexibility index (Phi) is 4.44. The highest BCUT2D eigenvalue weighted by Gasteiger charge is 2.39. The van der Waals surface area contributed by atoms with E-state index in [-0.39, 0.29) is 23.3 Å². The second-order valence-corrected chi connectivity index (χ2v) is 7.94. The summed E-state index contributed by atoms with van der Waals surface area (Å²) in [5.74, 6) is 0.385. The molecule has 1 aromatic carbocycles. The lowest BCUT2D eigenvalue weighted by Gasteiger charge is -2.18. The highest BCUT2D eigenvalue weighted by molar-refractivity contribution is 5.83. The molecule has 4 aromatic rings. The molecule has 1 N–H and O–H groups in total. The van der Waals surface area contributed by atoms with Crippen molar-refractivity contribution in [3.05, 3.63) is 46.8 Å². The van der Waals surface area contributed by atoms with Gasteiger partial charge in [-0.25, -0.2) is 4.98 Å². The number of methoxy groups -OCH3 is 1. The van der Waals surface area contributed by atoms with Gasteiger partial charge in [-0.05, 0) is 44.7 Å². The van der Waals surface area contributed by atoms with Gasteiger partial charge in [-0.2, -0.15) is 4.98 Å². The van der Waals surface area contributed by atoms with E-state index in [0.717, 1.165) is 23.9 Å². The topological polar surface area (TPSA) is 108 Å². The monoisotopic (exact) mass is 409 g/mol. The lowest BCUT2D eigenvalue weighted by Crippen LogP contribution is -2.28. The van der Waals surface area contributed by atoms with E-state index in [2.05, 4.69) is 15.1 Å². The van der Waals surface area contributed by atoms with Crippen molar-refractivity contribution in [2.75, 3.05) is 13.7 Å². The first kappa shape index (κ1) is 19.0. The van der Waals surface area contributed by atoms with Crippen LogP contribution in [-0.2, 0) is 10.3 Å². The normalized spacial score (nSPS) is 17.2. The number of rotatable bonds is 5. The van der Waals surface area contributed by atoms with Crippen molar-refractivity contribution < 1.29 is 14.4 Å². The third-order valence-electron chi connectivity index (χ3n) is 5.90. The smallest absolute Gasteiger partial charge is 0.278 e. The molecule has 1 fully saturated rings. The van der Waals surface area contributed by atoms with Crippen LogP contribution in [0.2, 0.25) is 0 Å². The van der Waals surface area contributed by atoms with Gasteiger partial charge in [0.05, 0.1) is 23.7 Å². The Hall–Kier alpha value is -3.04. The van der Waals surface area contributed by atoms with Crippen molar-refractivity contribution >= 4 is 16.6 Å². The van der Waals surface area contributed by atoms with Crippen LogP contribution in [-0.4, -0.2) is 42.9 Å². The molecule has 3 heterocycles. The van der Waals surface area contributed by atoms with Gasteiger partial charge in [-0.15, -0.1) is 0 Å². The molecule has 0 radical (unpaired) electrons. The third-order valence-corrected chi connectivity index (χ3v) is 5.90. The number of hydrogen-bond acceptors (Lipinski definition) is 7. The first-order valence-electron chi connectivity index (χ1n) is 10.1. The standard InChI is InChI=1S/C21H23N5O4/c1-13(11-29-2)26-15-8-4-3-7-14(15)25-12-22-16(17(25)19(26)27)18-23-20(30-24-18)21(28)9-5-6-10-21/h3-4,7-8,12-13,28H,5-6,9-11H2,1-2H3. The number of benzene rings is 1. The van der Waals surface area contributed by atoms with Gasteiger partial charge in [0.15, 0.2) is 0 Å². The van der Waals surface area contributed by atoms with E-state index in [0.29, 0.717) is 30.7 Å². The summed E-state index contributed by atoms with van der Waals surface area (Å²) < 4.78 is 14.1. The van der Waals surface area contributed by atoms with Crippen LogP contribution in [0.4, 0.5) is 0 Å². The van der Waals surface area contributed by atoms with Crippen molar-refractivity contribution in [2.45, 2.75) is 44.2 Å². The van der Waals surface area contributed by atoms with Gasteiger partial charge >= 0.3 is 0 Å². The van der Waals surface area contributed by atoms with E-state index in [1.807, 2.05) is 31.2 Å².